The molecule has 1 unspecified atom stereocenters. The van der Waals surface area contributed by atoms with Crippen molar-refractivity contribution in [1.29, 1.82) is 0 Å². The highest BCUT2D eigenvalue weighted by Gasteiger charge is 2.50. The Hall–Kier alpha value is -2.24. The minimum Gasteiger partial charge on any atom is -0.484 e. The summed E-state index contributed by atoms with van der Waals surface area (Å²) in [6.07, 6.45) is 22.6. The van der Waals surface area contributed by atoms with E-state index >= 15 is 0 Å². The first-order chi connectivity index (χ1) is 36.1. The highest BCUT2D eigenvalue weighted by Crippen LogP contribution is 2.54. The lowest BCUT2D eigenvalue weighted by Gasteiger charge is -2.45. The second-order valence-electron chi connectivity index (χ2n) is 25.8. The van der Waals surface area contributed by atoms with Crippen LogP contribution in [-0.2, 0) is 53.0 Å². The van der Waals surface area contributed by atoms with Crippen LogP contribution in [0.5, 0.6) is 5.75 Å². The first-order valence-electron chi connectivity index (χ1n) is 29.7. The first kappa shape index (κ1) is 70.9. The van der Waals surface area contributed by atoms with Gasteiger partial charge in [0.05, 0.1) is 49.6 Å². The Bertz CT molecular complexity index is 2030. The summed E-state index contributed by atoms with van der Waals surface area (Å²) in [5.74, 6) is -0.378. The molecule has 0 spiro atoms. The second kappa shape index (κ2) is 34.3. The number of hydrogen-bond acceptors (Lipinski definition) is 12. The molecule has 0 heterocycles. The third-order valence-electron chi connectivity index (χ3n) is 14.8. The first-order valence-corrected chi connectivity index (χ1v) is 32.1. The largest absolute Gasteiger partial charge is 0.484 e. The van der Waals surface area contributed by atoms with Crippen molar-refractivity contribution in [1.82, 2.24) is 0 Å². The Morgan fingerprint density at radius 2 is 0.818 bits per heavy atom. The number of hydrogen-bond donors (Lipinski definition) is 5. The van der Waals surface area contributed by atoms with Crippen LogP contribution in [0.1, 0.15) is 305 Å². The molecule has 0 aliphatic rings. The van der Waals surface area contributed by atoms with Crippen molar-refractivity contribution in [3.8, 4) is 5.75 Å². The van der Waals surface area contributed by atoms with Gasteiger partial charge in [0.1, 0.15) is 11.9 Å². The average Bonchev–Trinajstić information content (AvgIpc) is 3.32. The van der Waals surface area contributed by atoms with Gasteiger partial charge >= 0.3 is 29.1 Å². The molecular weight excluding hydrogens is 1010 g/mol. The molecule has 0 amide bonds. The summed E-state index contributed by atoms with van der Waals surface area (Å²) in [7, 11) is -5.99. The molecule has 0 saturated carbocycles. The van der Waals surface area contributed by atoms with E-state index in [1.165, 1.54) is 77.0 Å². The van der Waals surface area contributed by atoms with E-state index in [-0.39, 0.29) is 13.2 Å². The van der Waals surface area contributed by atoms with Crippen molar-refractivity contribution in [2.45, 2.75) is 280 Å². The molecule has 2 rings (SSSR count). The number of benzene rings is 2. The normalized spacial score (nSPS) is 13.2. The molecule has 0 fully saturated rings. The van der Waals surface area contributed by atoms with E-state index in [0.29, 0.717) is 46.4 Å². The highest BCUT2D eigenvalue weighted by molar-refractivity contribution is 7.39. The third-order valence-corrected chi connectivity index (χ3v) is 15.6. The van der Waals surface area contributed by atoms with Crippen molar-refractivity contribution in [2.24, 2.45) is 5.41 Å². The molecule has 2 aromatic carbocycles. The summed E-state index contributed by atoms with van der Waals surface area (Å²) in [5.41, 5.74) is 1.72. The van der Waals surface area contributed by atoms with Crippen molar-refractivity contribution in [2.75, 3.05) is 33.0 Å². The van der Waals surface area contributed by atoms with Crippen LogP contribution < -0.4 is 4.74 Å². The zero-order valence-electron chi connectivity index (χ0n) is 51.3. The van der Waals surface area contributed by atoms with E-state index in [1.807, 2.05) is 19.1 Å². The lowest BCUT2D eigenvalue weighted by molar-refractivity contribution is -0.0674. The van der Waals surface area contributed by atoms with Gasteiger partial charge in [-0.25, -0.2) is 9.59 Å². The molecule has 444 valence electrons. The molecule has 0 radical (unpaired) electrons. The monoisotopic (exact) mass is 1120 g/mol. The molecule has 2 aromatic rings. The molecule has 0 saturated heterocycles. The smallest absolute Gasteiger partial charge is 0.338 e. The van der Waals surface area contributed by atoms with Crippen molar-refractivity contribution in [3.05, 3.63) is 62.2 Å². The average molecular weight is 1120 g/mol. The summed E-state index contributed by atoms with van der Waals surface area (Å²) in [4.78, 5) is 71.0. The number of esters is 2. The minimum atomic E-state index is -2.99. The molecule has 5 N–H and O–H groups in total. The predicted molar refractivity (Wildman–Crippen MR) is 318 cm³/mol. The van der Waals surface area contributed by atoms with Crippen LogP contribution in [0.25, 0.3) is 0 Å². The van der Waals surface area contributed by atoms with Gasteiger partial charge in [0.2, 0.25) is 0 Å². The van der Waals surface area contributed by atoms with Gasteiger partial charge in [0.15, 0.2) is 0 Å². The molecular formula is C63H110O12P2. The summed E-state index contributed by atoms with van der Waals surface area (Å²) in [6, 6.07) is 3.83. The fraction of sp³-hybridized carbons (Fsp3) is 0.778. The standard InChI is InChI=1S/C63H110O12P2/c1-17-21-23-25-27-29-31-33-35-37-39-46-48(57(65)71-19-3)41-50(59(5,6)7)52(53(46)61(11,12)13)56(63(43-64,44-73-76(67)68)45-74-77(69)70)75-55-51(60(8,9)10)42-49(58(66)72-20-4)47(54(55)62(14,15)16)40-38-36-34-32-30-28-26-24-22-18-2/h41-42,56,64,67-70H,17-40,43-45H2,1-16H3. The SMILES string of the molecule is CCCCCCCCCCCCc1c(C(=O)OCC)cc(C(C)(C)C)c(OC(c2c(C(C)(C)C)cc(C(=O)OCC)c(CCCCCCCCCCCC)c2C(C)(C)C)C(CO)(COP(O)O)COP(O)O)c1C(C)(C)C. The fourth-order valence-electron chi connectivity index (χ4n) is 10.9. The quantitative estimate of drug-likeness (QED) is 0.0246. The highest BCUT2D eigenvalue weighted by atomic mass is 31.2. The maximum atomic E-state index is 14.5. The summed E-state index contributed by atoms with van der Waals surface area (Å²) < 4.78 is 31.2. The Kier molecular flexibility index (Phi) is 31.5. The van der Waals surface area contributed by atoms with Gasteiger partial charge in [0, 0.05) is 16.7 Å². The van der Waals surface area contributed by atoms with Gasteiger partial charge in [-0.15, -0.1) is 0 Å². The van der Waals surface area contributed by atoms with Crippen LogP contribution >= 0.6 is 17.2 Å². The number of carbonyl (C=O) groups is 2. The number of aliphatic hydroxyl groups is 1. The van der Waals surface area contributed by atoms with Crippen LogP contribution in [0, 0.1) is 5.41 Å². The van der Waals surface area contributed by atoms with Crippen molar-refractivity contribution in [3.63, 3.8) is 0 Å². The van der Waals surface area contributed by atoms with Gasteiger partial charge in [-0.1, -0.05) is 213 Å². The van der Waals surface area contributed by atoms with Gasteiger partial charge in [-0.3, -0.25) is 0 Å². The molecule has 0 aromatic heterocycles. The molecule has 14 heteroatoms. The number of ether oxygens (including phenoxy) is 3. The topological polar surface area (TPSA) is 181 Å². The molecule has 1 atom stereocenters. The Labute approximate surface area is 470 Å². The Morgan fingerprint density at radius 1 is 0.481 bits per heavy atom. The van der Waals surface area contributed by atoms with E-state index in [2.05, 4.69) is 96.9 Å². The number of unbranched alkanes of at least 4 members (excludes halogenated alkanes) is 18. The number of carbonyl (C=O) groups excluding carboxylic acids is 2. The zero-order valence-corrected chi connectivity index (χ0v) is 53.1. The van der Waals surface area contributed by atoms with Crippen LogP contribution in [0.3, 0.4) is 0 Å². The van der Waals surface area contributed by atoms with Crippen LogP contribution in [0.4, 0.5) is 0 Å². The predicted octanol–water partition coefficient (Wildman–Crippen LogP) is 16.7. The zero-order chi connectivity index (χ0) is 58.2. The maximum Gasteiger partial charge on any atom is 0.338 e. The van der Waals surface area contributed by atoms with E-state index in [4.69, 9.17) is 23.3 Å². The van der Waals surface area contributed by atoms with E-state index in [0.717, 1.165) is 73.6 Å². The number of rotatable bonds is 37. The summed E-state index contributed by atoms with van der Waals surface area (Å²) >= 11 is 0. The van der Waals surface area contributed by atoms with Crippen molar-refractivity contribution >= 4 is 29.1 Å². The third kappa shape index (κ3) is 22.9. The molecule has 0 aliphatic carbocycles. The van der Waals surface area contributed by atoms with Crippen LogP contribution in [0.15, 0.2) is 12.1 Å². The van der Waals surface area contributed by atoms with Crippen LogP contribution in [0.2, 0.25) is 0 Å². The lowest BCUT2D eigenvalue weighted by Crippen LogP contribution is -2.46. The minimum absolute atomic E-state index is 0.174. The summed E-state index contributed by atoms with van der Waals surface area (Å²) in [5, 5.41) is 12.1. The maximum absolute atomic E-state index is 14.5. The van der Waals surface area contributed by atoms with Gasteiger partial charge < -0.3 is 47.9 Å². The van der Waals surface area contributed by atoms with Crippen LogP contribution in [-0.4, -0.2) is 69.7 Å². The molecule has 0 aliphatic heterocycles. The van der Waals surface area contributed by atoms with Gasteiger partial charge in [-0.05, 0) is 95.6 Å². The second-order valence-corrected chi connectivity index (χ2v) is 27.3. The summed E-state index contributed by atoms with van der Waals surface area (Å²) in [6.45, 7) is 31.6. The van der Waals surface area contributed by atoms with E-state index in [9.17, 15) is 34.3 Å². The van der Waals surface area contributed by atoms with Crippen molar-refractivity contribution < 1.29 is 57.5 Å². The Morgan fingerprint density at radius 3 is 1.13 bits per heavy atom. The van der Waals surface area contributed by atoms with Gasteiger partial charge in [0.25, 0.3) is 0 Å². The Balaban J connectivity index is 3.36. The van der Waals surface area contributed by atoms with E-state index in [1.54, 1.807) is 6.92 Å². The molecule has 77 heavy (non-hydrogen) atoms. The lowest BCUT2D eigenvalue weighted by atomic mass is 9.66. The van der Waals surface area contributed by atoms with Gasteiger partial charge in [-0.2, -0.15) is 0 Å². The van der Waals surface area contributed by atoms with E-state index < -0.39 is 82.1 Å². The molecule has 0 bridgehead atoms. The number of aliphatic hydroxyl groups excluding tert-OH is 1. The fourth-order valence-corrected chi connectivity index (χ4v) is 11.6. The molecule has 12 nitrogen and oxygen atoms in total.